The van der Waals surface area contributed by atoms with Gasteiger partial charge in [0.25, 0.3) is 5.88 Å². The highest BCUT2D eigenvalue weighted by Crippen LogP contribution is 2.25. The monoisotopic (exact) mass is 241 g/mol. The van der Waals surface area contributed by atoms with Crippen LogP contribution in [0.5, 0.6) is 11.6 Å². The highest BCUT2D eigenvalue weighted by molar-refractivity contribution is 5.41. The summed E-state index contributed by atoms with van der Waals surface area (Å²) in [6.07, 6.45) is 1.92. The molecule has 1 aromatic carbocycles. The van der Waals surface area contributed by atoms with Crippen molar-refractivity contribution in [2.45, 2.75) is 6.42 Å². The summed E-state index contributed by atoms with van der Waals surface area (Å²) in [5.74, 6) is 0.744. The maximum absolute atomic E-state index is 8.98. The Bertz CT molecular complexity index is 578. The second-order valence-corrected chi connectivity index (χ2v) is 3.55. The largest absolute Gasteiger partial charge is 0.436 e. The van der Waals surface area contributed by atoms with Gasteiger partial charge in [-0.05, 0) is 24.1 Å². The molecular formula is C13H11N3O2. The fourth-order valence-corrected chi connectivity index (χ4v) is 1.51. The molecule has 0 saturated carbocycles. The van der Waals surface area contributed by atoms with Crippen LogP contribution in [0, 0.1) is 11.3 Å². The summed E-state index contributed by atoms with van der Waals surface area (Å²) < 4.78 is 5.58. The first-order valence-electron chi connectivity index (χ1n) is 5.43. The van der Waals surface area contributed by atoms with E-state index in [9.17, 15) is 0 Å². The van der Waals surface area contributed by atoms with E-state index in [1.54, 1.807) is 6.07 Å². The van der Waals surface area contributed by atoms with Crippen molar-refractivity contribution < 1.29 is 9.84 Å². The van der Waals surface area contributed by atoms with Crippen LogP contribution in [-0.2, 0) is 6.42 Å². The van der Waals surface area contributed by atoms with E-state index in [2.05, 4.69) is 10.2 Å². The average molecular weight is 241 g/mol. The Morgan fingerprint density at radius 3 is 2.89 bits per heavy atom. The van der Waals surface area contributed by atoms with Crippen molar-refractivity contribution in [2.75, 3.05) is 6.61 Å². The van der Waals surface area contributed by atoms with Gasteiger partial charge < -0.3 is 9.84 Å². The zero-order chi connectivity index (χ0) is 12.8. The Hall–Kier alpha value is -2.45. The molecule has 0 aliphatic heterocycles. The van der Waals surface area contributed by atoms with Gasteiger partial charge in [0.2, 0.25) is 0 Å². The molecule has 0 aliphatic rings. The van der Waals surface area contributed by atoms with Crippen molar-refractivity contribution in [2.24, 2.45) is 0 Å². The molecule has 0 amide bonds. The lowest BCUT2D eigenvalue weighted by molar-refractivity contribution is 0.297. The number of aliphatic hydroxyl groups excluding tert-OH is 1. The number of hydrogen-bond acceptors (Lipinski definition) is 5. The third kappa shape index (κ3) is 2.62. The molecule has 18 heavy (non-hydrogen) atoms. The Balaban J connectivity index is 2.31. The quantitative estimate of drug-likeness (QED) is 0.880. The van der Waals surface area contributed by atoms with Crippen molar-refractivity contribution in [1.29, 1.82) is 5.26 Å². The number of hydrogen-bond donors (Lipinski definition) is 1. The molecule has 1 aromatic heterocycles. The van der Waals surface area contributed by atoms with E-state index in [-0.39, 0.29) is 12.5 Å². The highest BCUT2D eigenvalue weighted by Gasteiger charge is 2.09. The zero-order valence-corrected chi connectivity index (χ0v) is 9.58. The minimum Gasteiger partial charge on any atom is -0.436 e. The summed E-state index contributed by atoms with van der Waals surface area (Å²) >= 11 is 0. The van der Waals surface area contributed by atoms with E-state index >= 15 is 0 Å². The third-order valence-corrected chi connectivity index (χ3v) is 2.37. The van der Waals surface area contributed by atoms with Crippen LogP contribution in [-0.4, -0.2) is 21.9 Å². The number of rotatable bonds is 4. The summed E-state index contributed by atoms with van der Waals surface area (Å²) in [5, 5.41) is 25.4. The number of ether oxygens (including phenoxy) is 1. The van der Waals surface area contributed by atoms with Crippen LogP contribution in [0.15, 0.2) is 36.5 Å². The fourth-order valence-electron chi connectivity index (χ4n) is 1.51. The maximum atomic E-state index is 8.98. The van der Waals surface area contributed by atoms with Gasteiger partial charge in [-0.1, -0.05) is 18.2 Å². The first-order valence-corrected chi connectivity index (χ1v) is 5.43. The third-order valence-electron chi connectivity index (χ3n) is 2.37. The van der Waals surface area contributed by atoms with E-state index < -0.39 is 0 Å². The summed E-state index contributed by atoms with van der Waals surface area (Å²) in [7, 11) is 0. The molecule has 0 aliphatic carbocycles. The van der Waals surface area contributed by atoms with Crippen molar-refractivity contribution in [3.05, 3.63) is 47.7 Å². The summed E-state index contributed by atoms with van der Waals surface area (Å²) in [6, 6.07) is 10.8. The minimum atomic E-state index is 0.0337. The first kappa shape index (κ1) is 12.0. The van der Waals surface area contributed by atoms with Crippen LogP contribution in [0.4, 0.5) is 0 Å². The van der Waals surface area contributed by atoms with E-state index in [4.69, 9.17) is 15.1 Å². The number of aliphatic hydroxyl groups is 1. The molecule has 90 valence electrons. The number of benzene rings is 1. The molecule has 0 atom stereocenters. The van der Waals surface area contributed by atoms with Crippen molar-refractivity contribution in [3.8, 4) is 17.7 Å². The Morgan fingerprint density at radius 1 is 1.28 bits per heavy atom. The number of aromatic nitrogens is 2. The predicted octanol–water partition coefficient (Wildman–Crippen LogP) is 1.68. The van der Waals surface area contributed by atoms with Crippen molar-refractivity contribution in [3.63, 3.8) is 0 Å². The van der Waals surface area contributed by atoms with Crippen molar-refractivity contribution >= 4 is 0 Å². The van der Waals surface area contributed by atoms with Gasteiger partial charge in [0.05, 0.1) is 6.20 Å². The summed E-state index contributed by atoms with van der Waals surface area (Å²) in [5.41, 5.74) is 1.18. The number of nitrogens with zero attached hydrogens (tertiary/aromatic N) is 3. The minimum absolute atomic E-state index is 0.0337. The predicted molar refractivity (Wildman–Crippen MR) is 64.1 cm³/mol. The Labute approximate surface area is 104 Å². The standard InChI is InChI=1S/C13H11N3O2/c14-9-11-5-7-15-16-13(11)18-12-4-2-1-3-10(12)6-8-17/h1-5,7,17H,6,8H2. The van der Waals surface area contributed by atoms with Gasteiger partial charge in [0.15, 0.2) is 0 Å². The first-order chi connectivity index (χ1) is 8.85. The number of nitriles is 1. The molecule has 5 heteroatoms. The van der Waals surface area contributed by atoms with Gasteiger partial charge in [-0.2, -0.15) is 10.4 Å². The second kappa shape index (κ2) is 5.75. The van der Waals surface area contributed by atoms with E-state index in [0.717, 1.165) is 5.56 Å². The van der Waals surface area contributed by atoms with Gasteiger partial charge in [-0.3, -0.25) is 0 Å². The number of para-hydroxylation sites is 1. The molecule has 5 nitrogen and oxygen atoms in total. The highest BCUT2D eigenvalue weighted by atomic mass is 16.5. The molecule has 1 heterocycles. The van der Waals surface area contributed by atoms with Gasteiger partial charge in [-0.25, -0.2) is 0 Å². The molecule has 1 N–H and O–H groups in total. The van der Waals surface area contributed by atoms with Gasteiger partial charge in [-0.15, -0.1) is 5.10 Å². The average Bonchev–Trinajstić information content (AvgIpc) is 2.42. The van der Waals surface area contributed by atoms with Crippen LogP contribution < -0.4 is 4.74 Å². The molecular weight excluding hydrogens is 230 g/mol. The van der Waals surface area contributed by atoms with Crippen molar-refractivity contribution in [1.82, 2.24) is 10.2 Å². The molecule has 2 aromatic rings. The second-order valence-electron chi connectivity index (χ2n) is 3.55. The lowest BCUT2D eigenvalue weighted by Gasteiger charge is -2.09. The SMILES string of the molecule is N#Cc1ccnnc1Oc1ccccc1CCO. The van der Waals surface area contributed by atoms with E-state index in [1.807, 2.05) is 24.3 Å². The van der Waals surface area contributed by atoms with Crippen LogP contribution in [0.2, 0.25) is 0 Å². The molecule has 0 saturated heterocycles. The normalized spacial score (nSPS) is 9.78. The summed E-state index contributed by atoms with van der Waals surface area (Å²) in [6.45, 7) is 0.0337. The van der Waals surface area contributed by atoms with Crippen LogP contribution in [0.25, 0.3) is 0 Å². The topological polar surface area (TPSA) is 79.0 Å². The fraction of sp³-hybridized carbons (Fsp3) is 0.154. The lowest BCUT2D eigenvalue weighted by atomic mass is 10.1. The molecule has 0 fully saturated rings. The summed E-state index contributed by atoms with van der Waals surface area (Å²) in [4.78, 5) is 0. The smallest absolute Gasteiger partial charge is 0.256 e. The molecule has 0 unspecified atom stereocenters. The lowest BCUT2D eigenvalue weighted by Crippen LogP contribution is -1.98. The molecule has 0 radical (unpaired) electrons. The van der Waals surface area contributed by atoms with E-state index in [0.29, 0.717) is 17.7 Å². The molecule has 0 spiro atoms. The van der Waals surface area contributed by atoms with Gasteiger partial charge >= 0.3 is 0 Å². The molecule has 0 bridgehead atoms. The van der Waals surface area contributed by atoms with Gasteiger partial charge in [0, 0.05) is 6.61 Å². The zero-order valence-electron chi connectivity index (χ0n) is 9.58. The molecule has 2 rings (SSSR count). The van der Waals surface area contributed by atoms with Crippen LogP contribution >= 0.6 is 0 Å². The maximum Gasteiger partial charge on any atom is 0.256 e. The Morgan fingerprint density at radius 2 is 2.11 bits per heavy atom. The van der Waals surface area contributed by atoms with Gasteiger partial charge in [0.1, 0.15) is 17.4 Å². The van der Waals surface area contributed by atoms with Crippen LogP contribution in [0.3, 0.4) is 0 Å². The van der Waals surface area contributed by atoms with E-state index in [1.165, 1.54) is 12.3 Å². The van der Waals surface area contributed by atoms with Crippen LogP contribution in [0.1, 0.15) is 11.1 Å². The Kier molecular flexibility index (Phi) is 3.84.